The molecule has 3 unspecified atom stereocenters. The van der Waals surface area contributed by atoms with Crippen LogP contribution in [0.15, 0.2) is 47.4 Å². The fraction of sp³-hybridized carbons (Fsp3) is 0.462. The summed E-state index contributed by atoms with van der Waals surface area (Å²) in [6.07, 6.45) is 5.46. The van der Waals surface area contributed by atoms with Crippen LogP contribution in [0.5, 0.6) is 11.5 Å². The largest absolute Gasteiger partial charge is 0.504 e. The van der Waals surface area contributed by atoms with Crippen LogP contribution in [0.2, 0.25) is 0 Å². The lowest BCUT2D eigenvalue weighted by atomic mass is 9.65. The number of pyridine rings is 1. The lowest BCUT2D eigenvalue weighted by Crippen LogP contribution is -2.45. The Morgan fingerprint density at radius 1 is 1.28 bits per heavy atom. The van der Waals surface area contributed by atoms with Gasteiger partial charge in [-0.3, -0.25) is 14.2 Å². The molecule has 0 spiro atoms. The molecule has 1 saturated carbocycles. The smallest absolute Gasteiger partial charge is 0.271 e. The third-order valence-corrected chi connectivity index (χ3v) is 7.20. The van der Waals surface area contributed by atoms with E-state index in [9.17, 15) is 14.7 Å². The molecule has 1 N–H and O–H groups in total. The monoisotopic (exact) mass is 436 g/mol. The molecule has 1 amide bonds. The molecule has 1 saturated heterocycles. The fourth-order valence-corrected chi connectivity index (χ4v) is 5.32. The van der Waals surface area contributed by atoms with Gasteiger partial charge in [-0.25, -0.2) is 0 Å². The van der Waals surface area contributed by atoms with Crippen LogP contribution in [0.25, 0.3) is 11.8 Å². The second-order valence-corrected chi connectivity index (χ2v) is 9.71. The molecule has 6 nitrogen and oxygen atoms in total. The third-order valence-electron chi connectivity index (χ3n) is 7.20. The van der Waals surface area contributed by atoms with Gasteiger partial charge in [0.25, 0.3) is 11.5 Å². The van der Waals surface area contributed by atoms with Crippen molar-refractivity contribution in [1.82, 2.24) is 9.47 Å². The Bertz CT molecular complexity index is 1100. The van der Waals surface area contributed by atoms with Crippen LogP contribution in [0, 0.1) is 17.3 Å². The first-order chi connectivity index (χ1) is 15.2. The van der Waals surface area contributed by atoms with E-state index in [1.807, 2.05) is 11.8 Å². The predicted octanol–water partition coefficient (Wildman–Crippen LogP) is 4.23. The van der Waals surface area contributed by atoms with Crippen molar-refractivity contribution in [3.63, 3.8) is 0 Å². The molecule has 4 rings (SSSR count). The zero-order valence-corrected chi connectivity index (χ0v) is 19.2. The number of benzene rings is 1. The van der Waals surface area contributed by atoms with Crippen molar-refractivity contribution in [3.8, 4) is 11.5 Å². The molecule has 1 aromatic heterocycles. The Morgan fingerprint density at radius 2 is 2.06 bits per heavy atom. The van der Waals surface area contributed by atoms with Gasteiger partial charge in [0.05, 0.1) is 6.61 Å². The minimum Gasteiger partial charge on any atom is -0.504 e. The van der Waals surface area contributed by atoms with Crippen molar-refractivity contribution < 1.29 is 14.6 Å². The quantitative estimate of drug-likeness (QED) is 0.712. The van der Waals surface area contributed by atoms with Crippen molar-refractivity contribution in [1.29, 1.82) is 0 Å². The van der Waals surface area contributed by atoms with Crippen LogP contribution >= 0.6 is 0 Å². The molecule has 1 aromatic carbocycles. The van der Waals surface area contributed by atoms with Gasteiger partial charge in [-0.1, -0.05) is 32.9 Å². The van der Waals surface area contributed by atoms with E-state index in [0.717, 1.165) is 19.4 Å². The van der Waals surface area contributed by atoms with Crippen LogP contribution in [0.4, 0.5) is 0 Å². The molecule has 170 valence electrons. The highest BCUT2D eigenvalue weighted by Crippen LogP contribution is 2.49. The summed E-state index contributed by atoms with van der Waals surface area (Å²) in [6.45, 7) is 9.78. The molecule has 2 aliphatic rings. The number of phenolic OH excluding ortho intramolecular Hbond substituents is 1. The van der Waals surface area contributed by atoms with Gasteiger partial charge in [0.15, 0.2) is 11.5 Å². The number of hydrogen-bond donors (Lipinski definition) is 1. The number of hydrogen-bond acceptors (Lipinski definition) is 4. The normalized spacial score (nSPS) is 24.4. The van der Waals surface area contributed by atoms with E-state index in [1.54, 1.807) is 42.6 Å². The number of amides is 1. The average Bonchev–Trinajstić information content (AvgIpc) is 3.12. The molecule has 3 atom stereocenters. The Kier molecular flexibility index (Phi) is 5.89. The molecule has 0 radical (unpaired) electrons. The predicted molar refractivity (Wildman–Crippen MR) is 125 cm³/mol. The number of rotatable bonds is 5. The zero-order chi connectivity index (χ0) is 23.0. The number of nitrogens with zero attached hydrogens (tertiary/aromatic N) is 2. The molecule has 2 heterocycles. The van der Waals surface area contributed by atoms with Crippen LogP contribution in [0.3, 0.4) is 0 Å². The highest BCUT2D eigenvalue weighted by molar-refractivity contribution is 6.18. The van der Waals surface area contributed by atoms with E-state index in [0.29, 0.717) is 35.5 Å². The maximum Gasteiger partial charge on any atom is 0.271 e. The molecule has 6 heteroatoms. The first-order valence-corrected chi connectivity index (χ1v) is 11.4. The number of aromatic nitrogens is 1. The maximum absolute atomic E-state index is 13.9. The molecule has 2 bridgehead atoms. The summed E-state index contributed by atoms with van der Waals surface area (Å²) in [5, 5.41) is 10.0. The summed E-state index contributed by atoms with van der Waals surface area (Å²) in [7, 11) is 0. The van der Waals surface area contributed by atoms with Crippen molar-refractivity contribution >= 4 is 17.7 Å². The summed E-state index contributed by atoms with van der Waals surface area (Å²) in [5.74, 6) is 1.11. The van der Waals surface area contributed by atoms with E-state index in [2.05, 4.69) is 20.8 Å². The molecule has 32 heavy (non-hydrogen) atoms. The number of phenols is 1. The number of aromatic hydroxyl groups is 1. The molecular weight excluding hydrogens is 404 g/mol. The zero-order valence-electron chi connectivity index (χ0n) is 19.2. The van der Waals surface area contributed by atoms with Gasteiger partial charge in [0, 0.05) is 24.8 Å². The second-order valence-electron chi connectivity index (χ2n) is 9.71. The summed E-state index contributed by atoms with van der Waals surface area (Å²) in [5.41, 5.74) is 0.910. The van der Waals surface area contributed by atoms with Crippen molar-refractivity contribution in [2.45, 2.75) is 46.6 Å². The minimum absolute atomic E-state index is 0.0400. The molecule has 2 fully saturated rings. The van der Waals surface area contributed by atoms with Crippen molar-refractivity contribution in [2.75, 3.05) is 13.2 Å². The number of fused-ring (bicyclic) bond motifs is 2. The van der Waals surface area contributed by atoms with E-state index >= 15 is 0 Å². The molecule has 1 aliphatic heterocycles. The topological polar surface area (TPSA) is 71.8 Å². The molecular formula is C26H32N2O4. The maximum atomic E-state index is 13.9. The van der Waals surface area contributed by atoms with Gasteiger partial charge in [-0.2, -0.15) is 0 Å². The number of carbonyl (C=O) groups excluding carboxylic acids is 1. The third kappa shape index (κ3) is 4.06. The standard InChI is InChI=1S/C26H32N2O4/c1-5-32-23-14-18(9-10-22(23)29)12-21(27-11-7-6-8-24(27)30)25(31)28-16-19-13-20(28)17(2)26(3,4)15-19/h6-12,14,17,19-20,29H,5,13,15-16H2,1-4H3. The SMILES string of the molecule is CCOc1cc(C=C(C(=O)N2CC3CC2C(C)C(C)(C)C3)n2ccccc2=O)ccc1O. The number of carbonyl (C=O) groups is 1. The lowest BCUT2D eigenvalue weighted by Gasteiger charge is -2.42. The van der Waals surface area contributed by atoms with Crippen LogP contribution < -0.4 is 10.3 Å². The van der Waals surface area contributed by atoms with Crippen LogP contribution in [-0.2, 0) is 4.79 Å². The highest BCUT2D eigenvalue weighted by Gasteiger charge is 2.49. The first kappa shape index (κ1) is 22.2. The summed E-state index contributed by atoms with van der Waals surface area (Å²) >= 11 is 0. The molecule has 1 aliphatic carbocycles. The average molecular weight is 437 g/mol. The van der Waals surface area contributed by atoms with Crippen LogP contribution in [0.1, 0.15) is 46.1 Å². The fourth-order valence-electron chi connectivity index (χ4n) is 5.32. The van der Waals surface area contributed by atoms with Gasteiger partial charge in [0.1, 0.15) is 5.70 Å². The van der Waals surface area contributed by atoms with E-state index in [1.165, 1.54) is 10.6 Å². The molecule has 2 aromatic rings. The van der Waals surface area contributed by atoms with Crippen molar-refractivity contribution in [3.05, 3.63) is 58.5 Å². The lowest BCUT2D eigenvalue weighted by molar-refractivity contribution is -0.127. The Labute approximate surface area is 189 Å². The second kappa shape index (κ2) is 8.49. The Morgan fingerprint density at radius 3 is 2.78 bits per heavy atom. The first-order valence-electron chi connectivity index (χ1n) is 11.4. The number of likely N-dealkylation sites (tertiary alicyclic amines) is 1. The summed E-state index contributed by atoms with van der Waals surface area (Å²) < 4.78 is 6.91. The van der Waals surface area contributed by atoms with Crippen molar-refractivity contribution in [2.24, 2.45) is 17.3 Å². The number of ether oxygens (including phenoxy) is 1. The van der Waals surface area contributed by atoms with Gasteiger partial charge in [-0.15, -0.1) is 0 Å². The highest BCUT2D eigenvalue weighted by atomic mass is 16.5. The van der Waals surface area contributed by atoms with Gasteiger partial charge < -0.3 is 14.7 Å². The summed E-state index contributed by atoms with van der Waals surface area (Å²) in [4.78, 5) is 28.5. The van der Waals surface area contributed by atoms with Gasteiger partial charge in [0.2, 0.25) is 0 Å². The van der Waals surface area contributed by atoms with Gasteiger partial charge in [-0.05, 0) is 66.9 Å². The minimum atomic E-state index is -0.258. The van der Waals surface area contributed by atoms with E-state index in [4.69, 9.17) is 4.74 Å². The Hall–Kier alpha value is -3.02. The van der Waals surface area contributed by atoms with E-state index < -0.39 is 0 Å². The van der Waals surface area contributed by atoms with Crippen LogP contribution in [-0.4, -0.2) is 39.7 Å². The summed E-state index contributed by atoms with van der Waals surface area (Å²) in [6, 6.07) is 9.98. The van der Waals surface area contributed by atoms with Gasteiger partial charge >= 0.3 is 0 Å². The van der Waals surface area contributed by atoms with E-state index in [-0.39, 0.29) is 28.7 Å². The Balaban J connectivity index is 1.77.